The van der Waals surface area contributed by atoms with Crippen LogP contribution < -0.4 is 9.26 Å². The normalized spacial score (nSPS) is 9.30. The molecule has 0 amide bonds. The molecule has 0 saturated heterocycles. The van der Waals surface area contributed by atoms with E-state index in [1.807, 2.05) is 22.9 Å². The van der Waals surface area contributed by atoms with Crippen LogP contribution in [0.3, 0.4) is 0 Å². The maximum Gasteiger partial charge on any atom is 0.278 e. The van der Waals surface area contributed by atoms with E-state index in [9.17, 15) is 0 Å². The van der Waals surface area contributed by atoms with E-state index in [0.717, 1.165) is 5.69 Å². The fraction of sp³-hybridized carbons (Fsp3) is 0. The maximum atomic E-state index is 7.34. The summed E-state index contributed by atoms with van der Waals surface area (Å²) in [5, 5.41) is 7.34. The van der Waals surface area contributed by atoms with Gasteiger partial charge in [0.05, 0.1) is 22.9 Å². The van der Waals surface area contributed by atoms with Crippen molar-refractivity contribution in [1.29, 1.82) is 0 Å². The lowest BCUT2D eigenvalue weighted by molar-refractivity contribution is 0.478. The van der Waals surface area contributed by atoms with Crippen LogP contribution in [0.25, 0.3) is 0 Å². The minimum Gasteiger partial charge on any atom is -0.592 e. The standard InChI is InChI=1S/C6H7IN2O/c7-9-5-3-4(8)1-2-6(5)10/h1-3,9-10H,8H2/p+1. The van der Waals surface area contributed by atoms with Crippen LogP contribution in [0.5, 0.6) is 5.75 Å². The summed E-state index contributed by atoms with van der Waals surface area (Å²) < 4.78 is 2.84. The first-order valence-corrected chi connectivity index (χ1v) is 3.79. The summed E-state index contributed by atoms with van der Waals surface area (Å²) >= 11 is 1.97. The van der Waals surface area contributed by atoms with Crippen molar-refractivity contribution in [2.45, 2.75) is 0 Å². The fourth-order valence-electron chi connectivity index (χ4n) is 0.640. The van der Waals surface area contributed by atoms with Gasteiger partial charge in [0.15, 0.2) is 0 Å². The van der Waals surface area contributed by atoms with Crippen molar-refractivity contribution in [2.24, 2.45) is 0 Å². The topological polar surface area (TPSA) is 61.0 Å². The number of anilines is 2. The van der Waals surface area contributed by atoms with Crippen molar-refractivity contribution in [3.8, 4) is 5.75 Å². The Hall–Kier alpha value is -0.650. The van der Waals surface area contributed by atoms with Gasteiger partial charge in [0.25, 0.3) is 5.75 Å². The van der Waals surface area contributed by atoms with Crippen LogP contribution in [-0.4, -0.2) is 5.11 Å². The molecule has 0 fully saturated rings. The van der Waals surface area contributed by atoms with Gasteiger partial charge in [-0.1, -0.05) is 0 Å². The van der Waals surface area contributed by atoms with E-state index in [-0.39, 0.29) is 0 Å². The summed E-state index contributed by atoms with van der Waals surface area (Å²) in [4.78, 5) is 0. The highest BCUT2D eigenvalue weighted by molar-refractivity contribution is 14.1. The quantitative estimate of drug-likeness (QED) is 0.343. The molecular weight excluding hydrogens is 243 g/mol. The molecule has 54 valence electrons. The molecule has 0 bridgehead atoms. The van der Waals surface area contributed by atoms with E-state index >= 15 is 0 Å². The molecular formula is C6H8IN2O+. The van der Waals surface area contributed by atoms with E-state index in [0.29, 0.717) is 11.4 Å². The Kier molecular flexibility index (Phi) is 2.21. The molecule has 5 N–H and O–H groups in total. The summed E-state index contributed by atoms with van der Waals surface area (Å²) in [6, 6.07) is 5.10. The van der Waals surface area contributed by atoms with E-state index in [1.54, 1.807) is 18.2 Å². The summed E-state index contributed by atoms with van der Waals surface area (Å²) in [7, 11) is 0. The zero-order valence-electron chi connectivity index (χ0n) is 5.19. The molecule has 0 aliphatic carbocycles. The van der Waals surface area contributed by atoms with Crippen LogP contribution in [-0.2, 0) is 0 Å². The minimum atomic E-state index is 0.462. The lowest BCUT2D eigenvalue weighted by atomic mass is 10.3. The fourth-order valence-corrected chi connectivity index (χ4v) is 1.09. The van der Waals surface area contributed by atoms with Crippen molar-refractivity contribution in [1.82, 2.24) is 0 Å². The van der Waals surface area contributed by atoms with Crippen molar-refractivity contribution in [3.05, 3.63) is 18.2 Å². The van der Waals surface area contributed by atoms with Crippen LogP contribution in [0.4, 0.5) is 11.4 Å². The Morgan fingerprint density at radius 3 is 2.70 bits per heavy atom. The van der Waals surface area contributed by atoms with Crippen LogP contribution in [0, 0.1) is 0 Å². The van der Waals surface area contributed by atoms with Gasteiger partial charge in [-0.25, -0.2) is 0 Å². The zero-order valence-corrected chi connectivity index (χ0v) is 7.34. The number of nitrogens with two attached hydrogens (primary N) is 1. The predicted molar refractivity (Wildman–Crippen MR) is 51.6 cm³/mol. The van der Waals surface area contributed by atoms with Crippen molar-refractivity contribution < 1.29 is 5.11 Å². The van der Waals surface area contributed by atoms with E-state index < -0.39 is 0 Å². The van der Waals surface area contributed by atoms with Gasteiger partial charge >= 0.3 is 0 Å². The second kappa shape index (κ2) is 2.96. The first-order chi connectivity index (χ1) is 4.74. The molecule has 3 nitrogen and oxygen atoms in total. The molecule has 0 unspecified atom stereocenters. The molecule has 0 atom stereocenters. The molecule has 10 heavy (non-hydrogen) atoms. The van der Waals surface area contributed by atoms with E-state index in [1.165, 1.54) is 0 Å². The molecule has 4 heteroatoms. The summed E-state index contributed by atoms with van der Waals surface area (Å²) in [5.74, 6) is 0.462. The van der Waals surface area contributed by atoms with Gasteiger partial charge in [-0.15, -0.1) is 0 Å². The lowest BCUT2D eigenvalue weighted by Crippen LogP contribution is -1.86. The van der Waals surface area contributed by atoms with Gasteiger partial charge in [-0.05, 0) is 12.1 Å². The molecule has 1 aromatic rings. The number of rotatable bonds is 1. The zero-order chi connectivity index (χ0) is 7.56. The Labute approximate surface area is 72.7 Å². The molecule has 0 aliphatic rings. The molecule has 1 aromatic carbocycles. The van der Waals surface area contributed by atoms with Crippen molar-refractivity contribution in [3.63, 3.8) is 0 Å². The van der Waals surface area contributed by atoms with E-state index in [4.69, 9.17) is 10.8 Å². The highest BCUT2D eigenvalue weighted by Crippen LogP contribution is 2.25. The molecule has 0 saturated carbocycles. The van der Waals surface area contributed by atoms with Gasteiger partial charge in [-0.3, -0.25) is 0 Å². The second-order valence-electron chi connectivity index (χ2n) is 1.90. The van der Waals surface area contributed by atoms with Gasteiger partial charge in [0.1, 0.15) is 5.69 Å². The average molecular weight is 251 g/mol. The monoisotopic (exact) mass is 251 g/mol. The van der Waals surface area contributed by atoms with E-state index in [2.05, 4.69) is 3.53 Å². The van der Waals surface area contributed by atoms with Crippen molar-refractivity contribution >= 4 is 34.2 Å². The predicted octanol–water partition coefficient (Wildman–Crippen LogP) is 1.47. The number of halogens is 1. The molecule has 0 aromatic heterocycles. The Balaban J connectivity index is 3.09. The van der Waals surface area contributed by atoms with Crippen LogP contribution in [0.1, 0.15) is 0 Å². The molecule has 0 heterocycles. The third-order valence-electron chi connectivity index (χ3n) is 1.15. The summed E-state index contributed by atoms with van der Waals surface area (Å²) in [5.41, 5.74) is 6.90. The number of hydrogen-bond donors (Lipinski definition) is 2. The SMILES string of the molecule is Nc1ccc([OH2+])c(NI)c1. The highest BCUT2D eigenvalue weighted by atomic mass is 127. The van der Waals surface area contributed by atoms with Gasteiger partial charge in [0, 0.05) is 11.8 Å². The lowest BCUT2D eigenvalue weighted by Gasteiger charge is -1.98. The summed E-state index contributed by atoms with van der Waals surface area (Å²) in [6.45, 7) is 0. The van der Waals surface area contributed by atoms with Gasteiger partial charge in [0.2, 0.25) is 0 Å². The number of hydrogen-bond acceptors (Lipinski definition) is 2. The number of nitrogen functional groups attached to an aromatic ring is 1. The summed E-state index contributed by atoms with van der Waals surface area (Å²) in [6.07, 6.45) is 0. The molecule has 1 rings (SSSR count). The van der Waals surface area contributed by atoms with Crippen LogP contribution >= 0.6 is 22.9 Å². The van der Waals surface area contributed by atoms with Crippen LogP contribution in [0.15, 0.2) is 18.2 Å². The number of benzene rings is 1. The Morgan fingerprint density at radius 1 is 1.50 bits per heavy atom. The first kappa shape index (κ1) is 7.46. The molecule has 0 radical (unpaired) electrons. The largest absolute Gasteiger partial charge is 0.592 e. The maximum absolute atomic E-state index is 7.34. The average Bonchev–Trinajstić information content (AvgIpc) is 1.94. The third kappa shape index (κ3) is 1.44. The van der Waals surface area contributed by atoms with Crippen LogP contribution in [0.2, 0.25) is 0 Å². The van der Waals surface area contributed by atoms with Gasteiger partial charge in [-0.2, -0.15) is 0 Å². The Bertz CT molecular complexity index is 239. The second-order valence-corrected chi connectivity index (χ2v) is 2.44. The Morgan fingerprint density at radius 2 is 2.20 bits per heavy atom. The smallest absolute Gasteiger partial charge is 0.278 e. The van der Waals surface area contributed by atoms with Gasteiger partial charge < -0.3 is 14.4 Å². The molecule has 0 spiro atoms. The minimum absolute atomic E-state index is 0.462. The van der Waals surface area contributed by atoms with Crippen molar-refractivity contribution in [2.75, 3.05) is 9.26 Å². The first-order valence-electron chi connectivity index (χ1n) is 2.72. The highest BCUT2D eigenvalue weighted by Gasteiger charge is 2.01. The number of nitrogens with one attached hydrogen (secondary N) is 1. The third-order valence-corrected chi connectivity index (χ3v) is 1.73. The molecule has 0 aliphatic heterocycles.